The van der Waals surface area contributed by atoms with Gasteiger partial charge < -0.3 is 5.73 Å². The van der Waals surface area contributed by atoms with Gasteiger partial charge in [-0.25, -0.2) is 9.97 Å². The van der Waals surface area contributed by atoms with Gasteiger partial charge >= 0.3 is 0 Å². The van der Waals surface area contributed by atoms with E-state index in [9.17, 15) is 0 Å². The summed E-state index contributed by atoms with van der Waals surface area (Å²) in [6, 6.07) is 3.87. The van der Waals surface area contributed by atoms with Crippen molar-refractivity contribution in [2.45, 2.75) is 26.7 Å². The van der Waals surface area contributed by atoms with E-state index in [2.05, 4.69) is 21.9 Å². The number of nitrogen functional groups attached to an aromatic ring is 1. The van der Waals surface area contributed by atoms with Crippen molar-refractivity contribution in [2.75, 3.05) is 5.73 Å². The predicted octanol–water partition coefficient (Wildman–Crippen LogP) is 2.38. The molecule has 0 radical (unpaired) electrons. The Labute approximate surface area is 101 Å². The highest BCUT2D eigenvalue weighted by Gasteiger charge is 2.09. The molecule has 0 saturated carbocycles. The Bertz CT molecular complexity index is 508. The molecule has 0 aromatic carbocycles. The quantitative estimate of drug-likeness (QED) is 0.876. The van der Waals surface area contributed by atoms with E-state index >= 15 is 0 Å². The van der Waals surface area contributed by atoms with Gasteiger partial charge in [0.1, 0.15) is 11.6 Å². The van der Waals surface area contributed by atoms with Gasteiger partial charge in [-0.3, -0.25) is 4.98 Å². The predicted molar refractivity (Wildman–Crippen MR) is 68.4 cm³/mol. The highest BCUT2D eigenvalue weighted by atomic mass is 15.0. The molecular formula is C13H16N4. The fourth-order valence-electron chi connectivity index (χ4n) is 1.71. The van der Waals surface area contributed by atoms with Crippen molar-refractivity contribution in [1.29, 1.82) is 0 Å². The van der Waals surface area contributed by atoms with Gasteiger partial charge in [-0.1, -0.05) is 6.92 Å². The summed E-state index contributed by atoms with van der Waals surface area (Å²) in [4.78, 5) is 12.9. The van der Waals surface area contributed by atoms with Crippen LogP contribution in [0.3, 0.4) is 0 Å². The summed E-state index contributed by atoms with van der Waals surface area (Å²) in [7, 11) is 0. The van der Waals surface area contributed by atoms with Crippen molar-refractivity contribution in [2.24, 2.45) is 0 Å². The lowest BCUT2D eigenvalue weighted by Crippen LogP contribution is -2.04. The molecule has 0 unspecified atom stereocenters. The van der Waals surface area contributed by atoms with E-state index in [1.54, 1.807) is 12.4 Å². The first-order valence-corrected chi connectivity index (χ1v) is 5.75. The fourth-order valence-corrected chi connectivity index (χ4v) is 1.71. The third-order valence-corrected chi connectivity index (χ3v) is 2.66. The van der Waals surface area contributed by atoms with Gasteiger partial charge in [0.2, 0.25) is 0 Å². The molecule has 2 aromatic heterocycles. The van der Waals surface area contributed by atoms with Gasteiger partial charge in [0.15, 0.2) is 0 Å². The SMILES string of the molecule is CCCc1nc(N)c(C)c(-c2ccncc2)n1. The van der Waals surface area contributed by atoms with Gasteiger partial charge in [0.25, 0.3) is 0 Å². The molecule has 0 spiro atoms. The van der Waals surface area contributed by atoms with Gasteiger partial charge in [-0.15, -0.1) is 0 Å². The minimum absolute atomic E-state index is 0.565. The summed E-state index contributed by atoms with van der Waals surface area (Å²) < 4.78 is 0. The molecule has 88 valence electrons. The van der Waals surface area contributed by atoms with Crippen LogP contribution in [-0.4, -0.2) is 15.0 Å². The fraction of sp³-hybridized carbons (Fsp3) is 0.308. The van der Waals surface area contributed by atoms with Crippen molar-refractivity contribution in [3.8, 4) is 11.3 Å². The monoisotopic (exact) mass is 228 g/mol. The Balaban J connectivity index is 2.53. The lowest BCUT2D eigenvalue weighted by molar-refractivity contribution is 0.836. The third kappa shape index (κ3) is 2.41. The average Bonchev–Trinajstić information content (AvgIpc) is 2.35. The van der Waals surface area contributed by atoms with E-state index in [0.29, 0.717) is 5.82 Å². The Morgan fingerprint density at radius 1 is 1.18 bits per heavy atom. The number of aromatic nitrogens is 3. The number of anilines is 1. The lowest BCUT2D eigenvalue weighted by atomic mass is 10.1. The van der Waals surface area contributed by atoms with Crippen LogP contribution in [0.25, 0.3) is 11.3 Å². The number of rotatable bonds is 3. The molecular weight excluding hydrogens is 212 g/mol. The highest BCUT2D eigenvalue weighted by Crippen LogP contribution is 2.23. The van der Waals surface area contributed by atoms with Crippen LogP contribution < -0.4 is 5.73 Å². The van der Waals surface area contributed by atoms with Crippen LogP contribution in [0.1, 0.15) is 24.7 Å². The molecule has 0 fully saturated rings. The van der Waals surface area contributed by atoms with E-state index in [-0.39, 0.29) is 0 Å². The maximum absolute atomic E-state index is 5.92. The lowest BCUT2D eigenvalue weighted by Gasteiger charge is -2.09. The van der Waals surface area contributed by atoms with Crippen molar-refractivity contribution in [1.82, 2.24) is 15.0 Å². The summed E-state index contributed by atoms with van der Waals surface area (Å²) in [6.45, 7) is 4.05. The molecule has 0 aliphatic carbocycles. The second-order valence-corrected chi connectivity index (χ2v) is 3.98. The van der Waals surface area contributed by atoms with Crippen molar-refractivity contribution in [3.63, 3.8) is 0 Å². The van der Waals surface area contributed by atoms with E-state index in [0.717, 1.165) is 35.5 Å². The van der Waals surface area contributed by atoms with Crippen LogP contribution >= 0.6 is 0 Å². The summed E-state index contributed by atoms with van der Waals surface area (Å²) in [5.41, 5.74) is 8.79. The van der Waals surface area contributed by atoms with Gasteiger partial charge in [-0.2, -0.15) is 0 Å². The zero-order chi connectivity index (χ0) is 12.3. The minimum Gasteiger partial charge on any atom is -0.383 e. The maximum atomic E-state index is 5.92. The third-order valence-electron chi connectivity index (χ3n) is 2.66. The Hall–Kier alpha value is -1.97. The van der Waals surface area contributed by atoms with Crippen molar-refractivity contribution < 1.29 is 0 Å². The topological polar surface area (TPSA) is 64.7 Å². The number of hydrogen-bond donors (Lipinski definition) is 1. The number of nitrogens with zero attached hydrogens (tertiary/aromatic N) is 3. The number of hydrogen-bond acceptors (Lipinski definition) is 4. The molecule has 4 nitrogen and oxygen atoms in total. The van der Waals surface area contributed by atoms with E-state index in [1.807, 2.05) is 19.1 Å². The summed E-state index contributed by atoms with van der Waals surface area (Å²) in [5, 5.41) is 0. The van der Waals surface area contributed by atoms with Crippen LogP contribution in [0.2, 0.25) is 0 Å². The van der Waals surface area contributed by atoms with Crippen molar-refractivity contribution in [3.05, 3.63) is 35.9 Å². The molecule has 17 heavy (non-hydrogen) atoms. The normalized spacial score (nSPS) is 10.5. The Kier molecular flexibility index (Phi) is 3.32. The zero-order valence-corrected chi connectivity index (χ0v) is 10.1. The van der Waals surface area contributed by atoms with E-state index in [4.69, 9.17) is 5.73 Å². The molecule has 0 aliphatic rings. The van der Waals surface area contributed by atoms with Crippen LogP contribution in [0, 0.1) is 6.92 Å². The molecule has 0 saturated heterocycles. The maximum Gasteiger partial charge on any atom is 0.131 e. The summed E-state index contributed by atoms with van der Waals surface area (Å²) in [5.74, 6) is 1.37. The molecule has 0 amide bonds. The largest absolute Gasteiger partial charge is 0.383 e. The molecule has 2 heterocycles. The van der Waals surface area contributed by atoms with Crippen LogP contribution in [0.4, 0.5) is 5.82 Å². The Morgan fingerprint density at radius 3 is 2.53 bits per heavy atom. The van der Waals surface area contributed by atoms with Crippen molar-refractivity contribution >= 4 is 5.82 Å². The average molecular weight is 228 g/mol. The number of nitrogens with two attached hydrogens (primary N) is 1. The molecule has 0 atom stereocenters. The first-order chi connectivity index (χ1) is 8.22. The first-order valence-electron chi connectivity index (χ1n) is 5.75. The number of pyridine rings is 1. The standard InChI is InChI=1S/C13H16N4/c1-3-4-11-16-12(9(2)13(14)17-11)10-5-7-15-8-6-10/h5-8H,3-4H2,1-2H3,(H2,14,16,17). The highest BCUT2D eigenvalue weighted by molar-refractivity contribution is 5.66. The molecule has 4 heteroatoms. The number of aryl methyl sites for hydroxylation is 1. The van der Waals surface area contributed by atoms with Crippen LogP contribution in [0.15, 0.2) is 24.5 Å². The second-order valence-electron chi connectivity index (χ2n) is 3.98. The van der Waals surface area contributed by atoms with Gasteiger partial charge in [0.05, 0.1) is 5.69 Å². The molecule has 2 rings (SSSR count). The van der Waals surface area contributed by atoms with Gasteiger partial charge in [-0.05, 0) is 25.5 Å². The minimum atomic E-state index is 0.565. The van der Waals surface area contributed by atoms with E-state index in [1.165, 1.54) is 0 Å². The molecule has 0 bridgehead atoms. The molecule has 0 aliphatic heterocycles. The molecule has 2 aromatic rings. The second kappa shape index (κ2) is 4.91. The van der Waals surface area contributed by atoms with E-state index < -0.39 is 0 Å². The van der Waals surface area contributed by atoms with Crippen LogP contribution in [0.5, 0.6) is 0 Å². The summed E-state index contributed by atoms with van der Waals surface area (Å²) >= 11 is 0. The van der Waals surface area contributed by atoms with Gasteiger partial charge in [0, 0.05) is 29.9 Å². The Morgan fingerprint density at radius 2 is 1.88 bits per heavy atom. The van der Waals surface area contributed by atoms with Crippen LogP contribution in [-0.2, 0) is 6.42 Å². The summed E-state index contributed by atoms with van der Waals surface area (Å²) in [6.07, 6.45) is 5.37. The zero-order valence-electron chi connectivity index (χ0n) is 10.1. The molecule has 2 N–H and O–H groups in total. The first kappa shape index (κ1) is 11.5. The smallest absolute Gasteiger partial charge is 0.131 e.